The second-order valence-corrected chi connectivity index (χ2v) is 4.97. The van der Waals surface area contributed by atoms with Gasteiger partial charge in [-0.2, -0.15) is 0 Å². The first kappa shape index (κ1) is 15.4. The highest BCUT2D eigenvalue weighted by atomic mass is 19.1. The number of halogens is 3. The first-order valence-corrected chi connectivity index (χ1v) is 6.60. The van der Waals surface area contributed by atoms with E-state index in [9.17, 15) is 13.2 Å². The van der Waals surface area contributed by atoms with Gasteiger partial charge in [-0.1, -0.05) is 26.0 Å². The molecule has 0 fully saturated rings. The van der Waals surface area contributed by atoms with E-state index in [4.69, 9.17) is 4.74 Å². The van der Waals surface area contributed by atoms with Crippen LogP contribution in [0.15, 0.2) is 36.4 Å². The molecule has 2 nitrogen and oxygen atoms in total. The monoisotopic (exact) mass is 295 g/mol. The summed E-state index contributed by atoms with van der Waals surface area (Å²) in [6.07, 6.45) is 0. The number of rotatable bonds is 5. The number of hydrogen-bond donors (Lipinski definition) is 1. The highest BCUT2D eigenvalue weighted by molar-refractivity contribution is 5.39. The van der Waals surface area contributed by atoms with Crippen LogP contribution in [-0.4, -0.2) is 6.04 Å². The lowest BCUT2D eigenvalue weighted by molar-refractivity contribution is 0.424. The predicted octanol–water partition coefficient (Wildman–Crippen LogP) is 4.39. The van der Waals surface area contributed by atoms with Crippen molar-refractivity contribution < 1.29 is 17.9 Å². The Labute approximate surface area is 121 Å². The van der Waals surface area contributed by atoms with Gasteiger partial charge in [0.15, 0.2) is 11.6 Å². The number of ether oxygens (including phenoxy) is 1. The van der Waals surface area contributed by atoms with Crippen LogP contribution in [0.1, 0.15) is 19.4 Å². The number of benzene rings is 2. The second-order valence-electron chi connectivity index (χ2n) is 4.97. The Morgan fingerprint density at radius 3 is 2.33 bits per heavy atom. The van der Waals surface area contributed by atoms with Crippen LogP contribution in [0.25, 0.3) is 0 Å². The minimum atomic E-state index is -0.775. The zero-order chi connectivity index (χ0) is 15.4. The van der Waals surface area contributed by atoms with Crippen molar-refractivity contribution >= 4 is 0 Å². The molecule has 112 valence electrons. The molecule has 0 aromatic heterocycles. The van der Waals surface area contributed by atoms with Gasteiger partial charge >= 0.3 is 0 Å². The number of nitrogens with one attached hydrogen (secondary N) is 1. The fourth-order valence-electron chi connectivity index (χ4n) is 1.83. The van der Waals surface area contributed by atoms with Crippen LogP contribution in [0.3, 0.4) is 0 Å². The van der Waals surface area contributed by atoms with Crippen LogP contribution in [0.4, 0.5) is 13.2 Å². The van der Waals surface area contributed by atoms with Gasteiger partial charge in [0.2, 0.25) is 0 Å². The van der Waals surface area contributed by atoms with Crippen molar-refractivity contribution in [2.75, 3.05) is 0 Å². The third-order valence-corrected chi connectivity index (χ3v) is 2.81. The Balaban J connectivity index is 2.29. The zero-order valence-electron chi connectivity index (χ0n) is 11.8. The van der Waals surface area contributed by atoms with Crippen LogP contribution in [0.2, 0.25) is 0 Å². The van der Waals surface area contributed by atoms with Crippen molar-refractivity contribution in [3.05, 3.63) is 59.4 Å². The van der Waals surface area contributed by atoms with Gasteiger partial charge in [-0.25, -0.2) is 13.2 Å². The van der Waals surface area contributed by atoms with E-state index in [1.807, 2.05) is 13.8 Å². The lowest BCUT2D eigenvalue weighted by Gasteiger charge is -2.14. The summed E-state index contributed by atoms with van der Waals surface area (Å²) >= 11 is 0. The van der Waals surface area contributed by atoms with Crippen LogP contribution < -0.4 is 10.1 Å². The molecule has 1 N–H and O–H groups in total. The summed E-state index contributed by atoms with van der Waals surface area (Å²) < 4.78 is 45.6. The molecule has 5 heteroatoms. The van der Waals surface area contributed by atoms with Crippen molar-refractivity contribution in [1.29, 1.82) is 0 Å². The second kappa shape index (κ2) is 6.63. The molecule has 21 heavy (non-hydrogen) atoms. The number of para-hydroxylation sites is 1. The number of hydrogen-bond acceptors (Lipinski definition) is 2. The fourth-order valence-corrected chi connectivity index (χ4v) is 1.83. The van der Waals surface area contributed by atoms with E-state index in [2.05, 4.69) is 5.32 Å². The minimum Gasteiger partial charge on any atom is -0.454 e. The standard InChI is InChI=1S/C16H16F3NO/c1-10(2)20-9-11-4-3-5-15(19)16(11)21-14-7-12(17)6-13(18)8-14/h3-8,10,20H,9H2,1-2H3. The van der Waals surface area contributed by atoms with Crippen LogP contribution >= 0.6 is 0 Å². The molecule has 0 saturated carbocycles. The van der Waals surface area contributed by atoms with Gasteiger partial charge in [0.25, 0.3) is 0 Å². The summed E-state index contributed by atoms with van der Waals surface area (Å²) in [4.78, 5) is 0. The van der Waals surface area contributed by atoms with E-state index in [1.165, 1.54) is 6.07 Å². The molecule has 0 aliphatic rings. The molecule has 2 rings (SSSR count). The lowest BCUT2D eigenvalue weighted by Crippen LogP contribution is -2.22. The molecule has 0 spiro atoms. The van der Waals surface area contributed by atoms with E-state index < -0.39 is 17.5 Å². The van der Waals surface area contributed by atoms with Crippen molar-refractivity contribution in [2.24, 2.45) is 0 Å². The average Bonchev–Trinajstić information content (AvgIpc) is 2.38. The lowest BCUT2D eigenvalue weighted by atomic mass is 10.2. The highest BCUT2D eigenvalue weighted by Crippen LogP contribution is 2.29. The summed E-state index contributed by atoms with van der Waals surface area (Å²) in [5.41, 5.74) is 0.577. The molecule has 0 amide bonds. The van der Waals surface area contributed by atoms with E-state index in [0.29, 0.717) is 12.1 Å². The predicted molar refractivity (Wildman–Crippen MR) is 74.8 cm³/mol. The third kappa shape index (κ3) is 4.23. The molecular weight excluding hydrogens is 279 g/mol. The van der Waals surface area contributed by atoms with E-state index in [1.54, 1.807) is 12.1 Å². The van der Waals surface area contributed by atoms with Crippen molar-refractivity contribution in [3.63, 3.8) is 0 Å². The molecule has 0 atom stereocenters. The van der Waals surface area contributed by atoms with Gasteiger partial charge in [0, 0.05) is 36.3 Å². The average molecular weight is 295 g/mol. The topological polar surface area (TPSA) is 21.3 Å². The molecule has 0 bridgehead atoms. The van der Waals surface area contributed by atoms with E-state index >= 15 is 0 Å². The minimum absolute atomic E-state index is 0.0318. The molecule has 0 saturated heterocycles. The van der Waals surface area contributed by atoms with Gasteiger partial charge in [-0.05, 0) is 6.07 Å². The summed E-state index contributed by atoms with van der Waals surface area (Å²) in [5.74, 6) is -2.24. The quantitative estimate of drug-likeness (QED) is 0.883. The van der Waals surface area contributed by atoms with Gasteiger partial charge in [-0.15, -0.1) is 0 Å². The molecule has 2 aromatic carbocycles. The van der Waals surface area contributed by atoms with E-state index in [0.717, 1.165) is 18.2 Å². The van der Waals surface area contributed by atoms with Gasteiger partial charge < -0.3 is 10.1 Å². The summed E-state index contributed by atoms with van der Waals surface area (Å²) in [6.45, 7) is 4.31. The molecule has 0 heterocycles. The largest absolute Gasteiger partial charge is 0.454 e. The molecule has 0 aliphatic heterocycles. The maximum Gasteiger partial charge on any atom is 0.167 e. The smallest absolute Gasteiger partial charge is 0.167 e. The Morgan fingerprint density at radius 2 is 1.71 bits per heavy atom. The first-order chi connectivity index (χ1) is 9.95. The van der Waals surface area contributed by atoms with E-state index in [-0.39, 0.29) is 17.5 Å². The Morgan fingerprint density at radius 1 is 1.05 bits per heavy atom. The van der Waals surface area contributed by atoms with Crippen molar-refractivity contribution in [1.82, 2.24) is 5.32 Å². The summed E-state index contributed by atoms with van der Waals surface area (Å²) in [5, 5.41) is 3.14. The van der Waals surface area contributed by atoms with Gasteiger partial charge in [-0.3, -0.25) is 0 Å². The summed E-state index contributed by atoms with van der Waals surface area (Å²) in [6, 6.07) is 7.46. The molecule has 2 aromatic rings. The molecule has 0 unspecified atom stereocenters. The van der Waals surface area contributed by atoms with Crippen molar-refractivity contribution in [2.45, 2.75) is 26.4 Å². The van der Waals surface area contributed by atoms with Crippen LogP contribution in [0.5, 0.6) is 11.5 Å². The highest BCUT2D eigenvalue weighted by Gasteiger charge is 2.12. The van der Waals surface area contributed by atoms with Crippen molar-refractivity contribution in [3.8, 4) is 11.5 Å². The van der Waals surface area contributed by atoms with Crippen LogP contribution in [0, 0.1) is 17.5 Å². The maximum absolute atomic E-state index is 13.9. The normalized spacial score (nSPS) is 11.0. The molecule has 0 aliphatic carbocycles. The van der Waals surface area contributed by atoms with Gasteiger partial charge in [0.05, 0.1) is 0 Å². The fraction of sp³-hybridized carbons (Fsp3) is 0.250. The Hall–Kier alpha value is -2.01. The molecular formula is C16H16F3NO. The maximum atomic E-state index is 13.9. The first-order valence-electron chi connectivity index (χ1n) is 6.60. The summed E-state index contributed by atoms with van der Waals surface area (Å²) in [7, 11) is 0. The SMILES string of the molecule is CC(C)NCc1cccc(F)c1Oc1cc(F)cc(F)c1. The van der Waals surface area contributed by atoms with Crippen LogP contribution in [-0.2, 0) is 6.54 Å². The van der Waals surface area contributed by atoms with Gasteiger partial charge in [0.1, 0.15) is 17.4 Å². The zero-order valence-corrected chi connectivity index (χ0v) is 11.8. The molecule has 0 radical (unpaired) electrons. The Kier molecular flexibility index (Phi) is 4.85. The Bertz CT molecular complexity index is 609. The third-order valence-electron chi connectivity index (χ3n) is 2.81.